The van der Waals surface area contributed by atoms with E-state index >= 15 is 0 Å². The van der Waals surface area contributed by atoms with Gasteiger partial charge in [-0.05, 0) is 36.8 Å². The number of benzene rings is 2. The summed E-state index contributed by atoms with van der Waals surface area (Å²) in [5.74, 6) is -0.0266. The number of hydrogen-bond acceptors (Lipinski definition) is 5. The zero-order valence-electron chi connectivity index (χ0n) is 14.2. The van der Waals surface area contributed by atoms with Gasteiger partial charge >= 0.3 is 0 Å². The van der Waals surface area contributed by atoms with E-state index in [0.29, 0.717) is 5.69 Å². The van der Waals surface area contributed by atoms with Crippen LogP contribution in [0.5, 0.6) is 0 Å². The lowest BCUT2D eigenvalue weighted by molar-refractivity contribution is -0.125. The molecule has 1 N–H and O–H groups in total. The Morgan fingerprint density at radius 3 is 2.46 bits per heavy atom. The van der Waals surface area contributed by atoms with E-state index in [9.17, 15) is 14.4 Å². The third-order valence-corrected chi connectivity index (χ3v) is 5.80. The average molecular weight is 386 g/mol. The Morgan fingerprint density at radius 1 is 1.15 bits per heavy atom. The van der Waals surface area contributed by atoms with E-state index < -0.39 is 0 Å². The lowest BCUT2D eigenvalue weighted by Crippen LogP contribution is -2.27. The lowest BCUT2D eigenvalue weighted by Gasteiger charge is -2.14. The SMILES string of the molecule is CC(Sc1ccccc1)C(=O)Nc1ccc(CN2C(=O)CSC2=O)cc1. The van der Waals surface area contributed by atoms with Crippen LogP contribution < -0.4 is 5.32 Å². The Balaban J connectivity index is 1.56. The second-order valence-corrected chi connectivity index (χ2v) is 8.13. The highest BCUT2D eigenvalue weighted by Gasteiger charge is 2.29. The minimum Gasteiger partial charge on any atom is -0.325 e. The molecule has 2 aromatic rings. The Kier molecular flexibility index (Phi) is 6.00. The summed E-state index contributed by atoms with van der Waals surface area (Å²) in [6.07, 6.45) is 0. The molecule has 5 nitrogen and oxygen atoms in total. The van der Waals surface area contributed by atoms with E-state index in [4.69, 9.17) is 0 Å². The molecule has 0 aliphatic carbocycles. The number of carbonyl (C=O) groups excluding carboxylic acids is 3. The smallest absolute Gasteiger partial charge is 0.289 e. The van der Waals surface area contributed by atoms with E-state index in [2.05, 4.69) is 5.32 Å². The molecule has 0 aromatic heterocycles. The van der Waals surface area contributed by atoms with Crippen molar-refractivity contribution in [3.8, 4) is 0 Å². The van der Waals surface area contributed by atoms with Crippen molar-refractivity contribution in [1.82, 2.24) is 4.90 Å². The predicted octanol–water partition coefficient (Wildman–Crippen LogP) is 4.00. The number of carbonyl (C=O) groups is 3. The fraction of sp³-hybridized carbons (Fsp3) is 0.211. The standard InChI is InChI=1S/C19H18N2O3S2/c1-13(26-16-5-3-2-4-6-16)18(23)20-15-9-7-14(8-10-15)11-21-17(22)12-25-19(21)24/h2-10,13H,11-12H2,1H3,(H,20,23). The molecule has 2 aromatic carbocycles. The Morgan fingerprint density at radius 2 is 1.85 bits per heavy atom. The molecule has 7 heteroatoms. The minimum absolute atomic E-state index is 0.0760. The van der Waals surface area contributed by atoms with Crippen LogP contribution in [0.15, 0.2) is 59.5 Å². The first-order valence-corrected chi connectivity index (χ1v) is 9.98. The van der Waals surface area contributed by atoms with Crippen LogP contribution in [-0.2, 0) is 16.1 Å². The Labute approximate surface area is 160 Å². The summed E-state index contributed by atoms with van der Waals surface area (Å²) in [5, 5.41) is 2.45. The zero-order chi connectivity index (χ0) is 18.5. The molecular formula is C19H18N2O3S2. The molecular weight excluding hydrogens is 368 g/mol. The zero-order valence-corrected chi connectivity index (χ0v) is 15.8. The van der Waals surface area contributed by atoms with Gasteiger partial charge in [0.05, 0.1) is 17.5 Å². The van der Waals surface area contributed by atoms with Crippen LogP contribution in [0, 0.1) is 0 Å². The fourth-order valence-corrected chi connectivity index (χ4v) is 4.02. The van der Waals surface area contributed by atoms with Crippen molar-refractivity contribution in [2.75, 3.05) is 11.1 Å². The van der Waals surface area contributed by atoms with Crippen LogP contribution in [0.2, 0.25) is 0 Å². The summed E-state index contributed by atoms with van der Waals surface area (Å²) in [4.78, 5) is 37.9. The van der Waals surface area contributed by atoms with E-state index in [1.807, 2.05) is 49.4 Å². The molecule has 26 heavy (non-hydrogen) atoms. The molecule has 1 atom stereocenters. The van der Waals surface area contributed by atoms with Gasteiger partial charge in [-0.25, -0.2) is 0 Å². The number of rotatable bonds is 6. The van der Waals surface area contributed by atoms with Crippen molar-refractivity contribution in [3.63, 3.8) is 0 Å². The van der Waals surface area contributed by atoms with Crippen LogP contribution in [0.3, 0.4) is 0 Å². The third kappa shape index (κ3) is 4.68. The number of hydrogen-bond donors (Lipinski definition) is 1. The maximum atomic E-state index is 12.3. The van der Waals surface area contributed by atoms with Crippen molar-refractivity contribution in [1.29, 1.82) is 0 Å². The first-order valence-electron chi connectivity index (χ1n) is 8.11. The van der Waals surface area contributed by atoms with Crippen molar-refractivity contribution in [3.05, 3.63) is 60.2 Å². The van der Waals surface area contributed by atoms with Gasteiger partial charge in [-0.3, -0.25) is 19.3 Å². The van der Waals surface area contributed by atoms with Gasteiger partial charge < -0.3 is 5.32 Å². The normalized spacial score (nSPS) is 15.2. The van der Waals surface area contributed by atoms with Crippen LogP contribution >= 0.6 is 23.5 Å². The summed E-state index contributed by atoms with van der Waals surface area (Å²) < 4.78 is 0. The molecule has 1 aliphatic rings. The van der Waals surface area contributed by atoms with Crippen LogP contribution in [0.1, 0.15) is 12.5 Å². The van der Waals surface area contributed by atoms with E-state index in [0.717, 1.165) is 22.2 Å². The molecule has 1 aliphatic heterocycles. The molecule has 0 radical (unpaired) electrons. The number of nitrogens with zero attached hydrogens (tertiary/aromatic N) is 1. The minimum atomic E-state index is -0.228. The van der Waals surface area contributed by atoms with Gasteiger partial charge in [-0.2, -0.15) is 0 Å². The predicted molar refractivity (Wildman–Crippen MR) is 105 cm³/mol. The summed E-state index contributed by atoms with van der Waals surface area (Å²) in [7, 11) is 0. The summed E-state index contributed by atoms with van der Waals surface area (Å²) >= 11 is 2.53. The monoisotopic (exact) mass is 386 g/mol. The number of imide groups is 1. The van der Waals surface area contributed by atoms with Crippen LogP contribution in [-0.4, -0.2) is 33.0 Å². The average Bonchev–Trinajstić information content (AvgIpc) is 2.96. The highest BCUT2D eigenvalue weighted by atomic mass is 32.2. The third-order valence-electron chi connectivity index (χ3n) is 3.83. The topological polar surface area (TPSA) is 66.5 Å². The molecule has 1 unspecified atom stereocenters. The fourth-order valence-electron chi connectivity index (χ4n) is 2.41. The second kappa shape index (κ2) is 8.42. The molecule has 0 spiro atoms. The van der Waals surface area contributed by atoms with Crippen LogP contribution in [0.4, 0.5) is 10.5 Å². The molecule has 134 valence electrons. The second-order valence-electron chi connectivity index (χ2n) is 5.79. The number of anilines is 1. The molecule has 1 heterocycles. The maximum Gasteiger partial charge on any atom is 0.289 e. The van der Waals surface area contributed by atoms with Gasteiger partial charge in [0, 0.05) is 10.6 Å². The van der Waals surface area contributed by atoms with E-state index in [1.54, 1.807) is 12.1 Å². The highest BCUT2D eigenvalue weighted by molar-refractivity contribution is 8.14. The molecule has 0 bridgehead atoms. The van der Waals surface area contributed by atoms with Gasteiger partial charge in [0.2, 0.25) is 11.8 Å². The summed E-state index contributed by atoms with van der Waals surface area (Å²) in [6.45, 7) is 2.13. The molecule has 1 saturated heterocycles. The highest BCUT2D eigenvalue weighted by Crippen LogP contribution is 2.24. The molecule has 0 saturated carbocycles. The first-order chi connectivity index (χ1) is 12.5. The van der Waals surface area contributed by atoms with Crippen LogP contribution in [0.25, 0.3) is 0 Å². The first kappa shape index (κ1) is 18.5. The quantitative estimate of drug-likeness (QED) is 0.760. The Hall–Kier alpha value is -2.25. The maximum absolute atomic E-state index is 12.3. The lowest BCUT2D eigenvalue weighted by atomic mass is 10.2. The van der Waals surface area contributed by atoms with Gasteiger partial charge in [-0.1, -0.05) is 42.1 Å². The molecule has 3 rings (SSSR count). The van der Waals surface area contributed by atoms with Crippen molar-refractivity contribution in [2.45, 2.75) is 23.6 Å². The van der Waals surface area contributed by atoms with Gasteiger partial charge in [0.1, 0.15) is 0 Å². The molecule has 1 fully saturated rings. The van der Waals surface area contributed by atoms with Crippen molar-refractivity contribution in [2.24, 2.45) is 0 Å². The number of amides is 3. The largest absolute Gasteiger partial charge is 0.325 e. The number of nitrogens with one attached hydrogen (secondary N) is 1. The van der Waals surface area contributed by atoms with Gasteiger partial charge in [0.15, 0.2) is 0 Å². The van der Waals surface area contributed by atoms with Crippen molar-refractivity contribution >= 4 is 46.3 Å². The molecule has 3 amide bonds. The van der Waals surface area contributed by atoms with Crippen molar-refractivity contribution < 1.29 is 14.4 Å². The summed E-state index contributed by atoms with van der Waals surface area (Å²) in [5.41, 5.74) is 1.53. The Bertz CT molecular complexity index is 793. The number of thioether (sulfide) groups is 2. The van der Waals surface area contributed by atoms with Gasteiger partial charge in [0.25, 0.3) is 5.24 Å². The van der Waals surface area contributed by atoms with Gasteiger partial charge in [-0.15, -0.1) is 11.8 Å². The van der Waals surface area contributed by atoms with E-state index in [-0.39, 0.29) is 34.6 Å². The summed E-state index contributed by atoms with van der Waals surface area (Å²) in [6, 6.07) is 17.0. The van der Waals surface area contributed by atoms with E-state index in [1.165, 1.54) is 16.7 Å².